The van der Waals surface area contributed by atoms with E-state index in [-0.39, 0.29) is 17.5 Å². The molecule has 1 saturated heterocycles. The predicted molar refractivity (Wildman–Crippen MR) is 129 cm³/mol. The Labute approximate surface area is 195 Å². The Morgan fingerprint density at radius 3 is 2.59 bits per heavy atom. The maximum Gasteiger partial charge on any atom is 0.229 e. The number of nitrogens with zero attached hydrogens (tertiary/aromatic N) is 5. The molecule has 0 atom stereocenters. The molecule has 1 fully saturated rings. The highest BCUT2D eigenvalue weighted by Crippen LogP contribution is 2.34. The van der Waals surface area contributed by atoms with E-state index >= 15 is 0 Å². The van der Waals surface area contributed by atoms with E-state index in [4.69, 9.17) is 5.73 Å². The molecule has 3 heterocycles. The molecule has 4 N–H and O–H groups in total. The Kier molecular flexibility index (Phi) is 5.70. The fourth-order valence-corrected chi connectivity index (χ4v) is 4.02. The minimum absolute atomic E-state index is 0.156. The molecule has 8 nitrogen and oxygen atoms in total. The van der Waals surface area contributed by atoms with Gasteiger partial charge in [0.05, 0.1) is 17.6 Å². The Morgan fingerprint density at radius 2 is 1.82 bits per heavy atom. The van der Waals surface area contributed by atoms with Gasteiger partial charge in [-0.05, 0) is 54.8 Å². The summed E-state index contributed by atoms with van der Waals surface area (Å²) in [6.45, 7) is 1.76. The van der Waals surface area contributed by atoms with E-state index in [0.29, 0.717) is 28.3 Å². The summed E-state index contributed by atoms with van der Waals surface area (Å²) in [5, 5.41) is 10.2. The van der Waals surface area contributed by atoms with Crippen molar-refractivity contribution in [2.24, 2.45) is 7.05 Å². The largest absolute Gasteiger partial charge is 0.399 e. The highest BCUT2D eigenvalue weighted by molar-refractivity contribution is 5.81. The predicted octanol–water partition coefficient (Wildman–Crippen LogP) is 4.82. The normalized spacial score (nSPS) is 13.3. The highest BCUT2D eigenvalue weighted by Gasteiger charge is 2.18. The van der Waals surface area contributed by atoms with Gasteiger partial charge in [-0.25, -0.2) is 13.8 Å². The zero-order valence-corrected chi connectivity index (χ0v) is 18.6. The minimum Gasteiger partial charge on any atom is -0.399 e. The van der Waals surface area contributed by atoms with Gasteiger partial charge in [0.15, 0.2) is 0 Å². The first-order valence-corrected chi connectivity index (χ1v) is 11.0. The second kappa shape index (κ2) is 8.97. The summed E-state index contributed by atoms with van der Waals surface area (Å²) in [7, 11) is 1.80. The lowest BCUT2D eigenvalue weighted by Crippen LogP contribution is -2.17. The quantitative estimate of drug-likeness (QED) is 0.353. The number of rotatable bonds is 6. The molecular weight excluding hydrogens is 438 g/mol. The summed E-state index contributed by atoms with van der Waals surface area (Å²) < 4.78 is 30.8. The molecule has 0 amide bonds. The zero-order chi connectivity index (χ0) is 23.7. The van der Waals surface area contributed by atoms with Crippen molar-refractivity contribution < 1.29 is 8.78 Å². The third kappa shape index (κ3) is 4.61. The highest BCUT2D eigenvalue weighted by atomic mass is 19.1. The van der Waals surface area contributed by atoms with Gasteiger partial charge >= 0.3 is 0 Å². The fourth-order valence-electron chi connectivity index (χ4n) is 4.02. The second-order valence-corrected chi connectivity index (χ2v) is 8.24. The summed E-state index contributed by atoms with van der Waals surface area (Å²) in [5.41, 5.74) is 9.01. The third-order valence-corrected chi connectivity index (χ3v) is 5.66. The lowest BCUT2D eigenvalue weighted by atomic mass is 10.1. The summed E-state index contributed by atoms with van der Waals surface area (Å²) in [5.74, 6) is -0.265. The maximum atomic E-state index is 14.6. The van der Waals surface area contributed by atoms with Crippen molar-refractivity contribution >= 4 is 34.5 Å². The molecule has 0 aliphatic carbocycles. The van der Waals surface area contributed by atoms with Crippen LogP contribution in [0.2, 0.25) is 0 Å². The zero-order valence-electron chi connectivity index (χ0n) is 18.6. The summed E-state index contributed by atoms with van der Waals surface area (Å²) in [4.78, 5) is 11.1. The molecule has 2 aromatic heterocycles. The molecule has 0 unspecified atom stereocenters. The van der Waals surface area contributed by atoms with Gasteiger partial charge in [-0.2, -0.15) is 10.1 Å². The average molecular weight is 463 g/mol. The number of hydrogen-bond donors (Lipinski definition) is 3. The van der Waals surface area contributed by atoms with Crippen molar-refractivity contribution in [2.75, 3.05) is 34.4 Å². The molecule has 4 aromatic rings. The molecule has 174 valence electrons. The van der Waals surface area contributed by atoms with Crippen molar-refractivity contribution in [1.82, 2.24) is 19.7 Å². The van der Waals surface area contributed by atoms with Gasteiger partial charge in [0.1, 0.15) is 17.5 Å². The molecule has 5 rings (SSSR count). The van der Waals surface area contributed by atoms with E-state index in [1.165, 1.54) is 30.3 Å². The van der Waals surface area contributed by atoms with Crippen molar-refractivity contribution in [1.29, 1.82) is 0 Å². The van der Waals surface area contributed by atoms with Gasteiger partial charge in [-0.15, -0.1) is 0 Å². The van der Waals surface area contributed by atoms with E-state index in [0.717, 1.165) is 31.6 Å². The number of aromatic nitrogens is 4. The second-order valence-electron chi connectivity index (χ2n) is 8.24. The first-order chi connectivity index (χ1) is 16.4. The average Bonchev–Trinajstić information content (AvgIpc) is 3.48. The Hall–Kier alpha value is -4.21. The molecule has 10 heteroatoms. The van der Waals surface area contributed by atoms with Crippen LogP contribution in [0.5, 0.6) is 0 Å². The van der Waals surface area contributed by atoms with Crippen molar-refractivity contribution in [2.45, 2.75) is 12.8 Å². The van der Waals surface area contributed by atoms with Crippen molar-refractivity contribution in [3.05, 3.63) is 66.6 Å². The number of halogens is 2. The van der Waals surface area contributed by atoms with Crippen LogP contribution < -0.4 is 21.3 Å². The topological polar surface area (TPSA) is 96.9 Å². The van der Waals surface area contributed by atoms with Crippen LogP contribution in [-0.4, -0.2) is 32.8 Å². The maximum absolute atomic E-state index is 14.6. The molecule has 0 spiro atoms. The van der Waals surface area contributed by atoms with E-state index in [9.17, 15) is 8.78 Å². The van der Waals surface area contributed by atoms with Gasteiger partial charge in [-0.1, -0.05) is 0 Å². The van der Waals surface area contributed by atoms with Crippen LogP contribution in [0.1, 0.15) is 12.8 Å². The van der Waals surface area contributed by atoms with Crippen LogP contribution >= 0.6 is 0 Å². The molecule has 2 aromatic carbocycles. The summed E-state index contributed by atoms with van der Waals surface area (Å²) in [6.07, 6.45) is 7.14. The van der Waals surface area contributed by atoms with Crippen LogP contribution in [-0.2, 0) is 7.05 Å². The van der Waals surface area contributed by atoms with Crippen molar-refractivity contribution in [3.8, 4) is 11.1 Å². The molecule has 1 aliphatic rings. The van der Waals surface area contributed by atoms with Crippen LogP contribution in [0.3, 0.4) is 0 Å². The van der Waals surface area contributed by atoms with E-state index in [1.807, 2.05) is 6.07 Å². The van der Waals surface area contributed by atoms with E-state index in [2.05, 4.69) is 30.6 Å². The van der Waals surface area contributed by atoms with Gasteiger partial charge in [0.2, 0.25) is 5.95 Å². The number of hydrogen-bond acceptors (Lipinski definition) is 7. The van der Waals surface area contributed by atoms with Crippen molar-refractivity contribution in [3.63, 3.8) is 0 Å². The SMILES string of the molecule is Cn1cc(Nc2ncc(-c3cc(F)cc(N4CCCC4)c3)c(Nc3cc(N)ccc3F)n2)cn1. The van der Waals surface area contributed by atoms with Crippen LogP contribution in [0, 0.1) is 11.6 Å². The first-order valence-electron chi connectivity index (χ1n) is 11.0. The third-order valence-electron chi connectivity index (χ3n) is 5.66. The van der Waals surface area contributed by atoms with Gasteiger partial charge in [-0.3, -0.25) is 4.68 Å². The molecule has 0 bridgehead atoms. The van der Waals surface area contributed by atoms with Crippen LogP contribution in [0.25, 0.3) is 11.1 Å². The van der Waals surface area contributed by atoms with Crippen LogP contribution in [0.15, 0.2) is 55.0 Å². The number of anilines is 6. The molecule has 0 radical (unpaired) electrons. The van der Waals surface area contributed by atoms with Gasteiger partial charge in [0.25, 0.3) is 0 Å². The molecule has 0 saturated carbocycles. The van der Waals surface area contributed by atoms with Gasteiger partial charge < -0.3 is 21.3 Å². The monoisotopic (exact) mass is 462 g/mol. The standard InChI is InChI=1S/C24H24F2N8/c1-33-14-18(12-29-33)30-24-28-13-20(23(32-24)31-22-11-17(27)4-5-21(22)26)15-8-16(25)10-19(9-15)34-6-2-3-7-34/h4-5,8-14H,2-3,6-7,27H2,1H3,(H2,28,30,31,32). The molecule has 1 aliphatic heterocycles. The molecule has 34 heavy (non-hydrogen) atoms. The van der Waals surface area contributed by atoms with E-state index in [1.54, 1.807) is 30.3 Å². The first kappa shape index (κ1) is 21.6. The number of aryl methyl sites for hydroxylation is 1. The summed E-state index contributed by atoms with van der Waals surface area (Å²) in [6, 6.07) is 9.09. The minimum atomic E-state index is -0.488. The molecular formula is C24H24F2N8. The summed E-state index contributed by atoms with van der Waals surface area (Å²) >= 11 is 0. The lowest BCUT2D eigenvalue weighted by molar-refractivity contribution is 0.627. The Bertz CT molecular complexity index is 1330. The number of nitrogen functional groups attached to an aromatic ring is 1. The number of nitrogens with one attached hydrogen (secondary N) is 2. The Balaban J connectivity index is 1.57. The van der Waals surface area contributed by atoms with Crippen LogP contribution in [0.4, 0.5) is 43.3 Å². The smallest absolute Gasteiger partial charge is 0.229 e. The van der Waals surface area contributed by atoms with Gasteiger partial charge in [0, 0.05) is 49.5 Å². The fraction of sp³-hybridized carbons (Fsp3) is 0.208. The number of benzene rings is 2. The Morgan fingerprint density at radius 1 is 1.00 bits per heavy atom. The van der Waals surface area contributed by atoms with E-state index < -0.39 is 5.82 Å². The number of nitrogens with two attached hydrogens (primary N) is 1. The lowest BCUT2D eigenvalue weighted by Gasteiger charge is -2.19.